The topological polar surface area (TPSA) is 124 Å². The van der Waals surface area contributed by atoms with E-state index in [-0.39, 0.29) is 35.4 Å². The predicted molar refractivity (Wildman–Crippen MR) is 136 cm³/mol. The Kier molecular flexibility index (Phi) is 6.72. The van der Waals surface area contributed by atoms with Gasteiger partial charge in [-0.3, -0.25) is 24.4 Å². The van der Waals surface area contributed by atoms with Crippen molar-refractivity contribution < 1.29 is 18.4 Å². The van der Waals surface area contributed by atoms with Crippen LogP contribution in [0.5, 0.6) is 0 Å². The van der Waals surface area contributed by atoms with Gasteiger partial charge in [0.1, 0.15) is 5.56 Å². The number of hydrogen-bond acceptors (Lipinski definition) is 8. The lowest BCUT2D eigenvalue weighted by Crippen LogP contribution is -2.61. The van der Waals surface area contributed by atoms with Crippen molar-refractivity contribution in [3.8, 4) is 0 Å². The summed E-state index contributed by atoms with van der Waals surface area (Å²) in [5.41, 5.74) is 6.07. The fourth-order valence-corrected chi connectivity index (χ4v) is 6.56. The third-order valence-corrected chi connectivity index (χ3v) is 8.50. The second kappa shape index (κ2) is 10.2. The van der Waals surface area contributed by atoms with Crippen LogP contribution in [-0.2, 0) is 4.79 Å². The molecule has 0 aromatic carbocycles. The number of halogens is 2. The molecule has 0 aliphatic carbocycles. The number of alkyl halides is 1. The first kappa shape index (κ1) is 25.1. The molecule has 3 N–H and O–H groups in total. The van der Waals surface area contributed by atoms with Gasteiger partial charge in [0.05, 0.1) is 31.0 Å². The molecule has 204 valence electrons. The first-order valence-electron chi connectivity index (χ1n) is 13.4. The molecule has 3 fully saturated rings. The third-order valence-electron chi connectivity index (χ3n) is 8.50. The summed E-state index contributed by atoms with van der Waals surface area (Å²) in [5.74, 6) is -1.11. The molecule has 0 spiro atoms. The highest BCUT2D eigenvalue weighted by molar-refractivity contribution is 6.04. The van der Waals surface area contributed by atoms with Gasteiger partial charge in [0.25, 0.3) is 5.91 Å². The minimum atomic E-state index is -1.37. The van der Waals surface area contributed by atoms with Crippen LogP contribution in [0.4, 0.5) is 14.6 Å². The number of rotatable bonds is 4. The zero-order valence-electron chi connectivity index (χ0n) is 21.2. The number of nitrogens with two attached hydrogens (primary N) is 1. The summed E-state index contributed by atoms with van der Waals surface area (Å²) < 4.78 is 29.9. The SMILES string of the molecule is Nc1nn2cc(F)cnc2c1C(=O)NC1CN=CC(F)C1N1CCC(C(=O)N2CCN3CCCC3C2)CC1. The Morgan fingerprint density at radius 1 is 1.08 bits per heavy atom. The van der Waals surface area contributed by atoms with E-state index in [1.165, 1.54) is 12.6 Å². The summed E-state index contributed by atoms with van der Waals surface area (Å²) in [7, 11) is 0. The second-order valence-electron chi connectivity index (χ2n) is 10.8. The lowest BCUT2D eigenvalue weighted by atomic mass is 9.90. The molecule has 4 unspecified atom stereocenters. The molecule has 13 heteroatoms. The monoisotopic (exact) mass is 529 g/mol. The molecule has 0 radical (unpaired) electrons. The van der Waals surface area contributed by atoms with Gasteiger partial charge in [-0.1, -0.05) is 0 Å². The van der Waals surface area contributed by atoms with Gasteiger partial charge in [-0.15, -0.1) is 5.10 Å². The van der Waals surface area contributed by atoms with Crippen LogP contribution in [0, 0.1) is 11.7 Å². The van der Waals surface area contributed by atoms with Gasteiger partial charge < -0.3 is 16.0 Å². The van der Waals surface area contributed by atoms with Crippen LogP contribution in [0.1, 0.15) is 36.0 Å². The number of aliphatic imine (C=N–C) groups is 1. The van der Waals surface area contributed by atoms with Gasteiger partial charge in [-0.05, 0) is 45.3 Å². The summed E-state index contributed by atoms with van der Waals surface area (Å²) in [4.78, 5) is 41.1. The Labute approximate surface area is 219 Å². The van der Waals surface area contributed by atoms with Crippen LogP contribution >= 0.6 is 0 Å². The fraction of sp³-hybridized carbons (Fsp3) is 0.640. The van der Waals surface area contributed by atoms with E-state index in [2.05, 4.69) is 25.3 Å². The standard InChI is InChI=1S/C25H33F2N9O2/c26-16-10-30-23-20(22(28)32-36(23)13-16)24(37)31-19-12-29-11-18(27)21(19)34-6-3-15(4-7-34)25(38)35-9-8-33-5-1-2-17(33)14-35/h10-11,13,15,17-19,21H,1-9,12,14H2,(H2,28,32)(H,31,37). The summed E-state index contributed by atoms with van der Waals surface area (Å²) in [5, 5.41) is 6.84. The predicted octanol–water partition coefficient (Wildman–Crippen LogP) is 0.359. The van der Waals surface area contributed by atoms with Crippen LogP contribution in [0.3, 0.4) is 0 Å². The van der Waals surface area contributed by atoms with E-state index in [9.17, 15) is 14.0 Å². The van der Waals surface area contributed by atoms with Crippen molar-refractivity contribution in [3.63, 3.8) is 0 Å². The van der Waals surface area contributed by atoms with Gasteiger partial charge >= 0.3 is 0 Å². The van der Waals surface area contributed by atoms with Crippen LogP contribution < -0.4 is 11.1 Å². The smallest absolute Gasteiger partial charge is 0.259 e. The number of piperazine rings is 1. The minimum Gasteiger partial charge on any atom is -0.381 e. The number of amides is 2. The second-order valence-corrected chi connectivity index (χ2v) is 10.8. The summed E-state index contributed by atoms with van der Waals surface area (Å²) in [6.07, 6.45) is 5.66. The number of piperidine rings is 1. The molecule has 2 aromatic heterocycles. The van der Waals surface area contributed by atoms with E-state index >= 15 is 4.39 Å². The molecule has 0 bridgehead atoms. The van der Waals surface area contributed by atoms with Crippen molar-refractivity contribution in [2.75, 3.05) is 51.5 Å². The number of likely N-dealkylation sites (tertiary alicyclic amines) is 1. The Bertz CT molecular complexity index is 1240. The molecule has 11 nitrogen and oxygen atoms in total. The zero-order chi connectivity index (χ0) is 26.4. The highest BCUT2D eigenvalue weighted by atomic mass is 19.1. The van der Waals surface area contributed by atoms with Crippen LogP contribution in [-0.4, -0.2) is 117 Å². The highest BCUT2D eigenvalue weighted by Gasteiger charge is 2.41. The summed E-state index contributed by atoms with van der Waals surface area (Å²) in [6.45, 7) is 5.01. The fourth-order valence-electron chi connectivity index (χ4n) is 6.56. The number of aromatic nitrogens is 3. The van der Waals surface area contributed by atoms with Crippen molar-refractivity contribution in [3.05, 3.63) is 23.8 Å². The van der Waals surface area contributed by atoms with E-state index in [0.717, 1.165) is 49.5 Å². The molecule has 38 heavy (non-hydrogen) atoms. The van der Waals surface area contributed by atoms with Crippen LogP contribution in [0.2, 0.25) is 0 Å². The van der Waals surface area contributed by atoms with Gasteiger partial charge in [0.2, 0.25) is 5.91 Å². The molecule has 2 aromatic rings. The van der Waals surface area contributed by atoms with Crippen molar-refractivity contribution in [2.45, 2.75) is 50.0 Å². The Balaban J connectivity index is 1.11. The van der Waals surface area contributed by atoms with E-state index in [1.807, 2.05) is 9.80 Å². The number of hydrogen-bond donors (Lipinski definition) is 2. The normalized spacial score (nSPS) is 29.1. The summed E-state index contributed by atoms with van der Waals surface area (Å²) in [6, 6.07) is -0.745. The highest BCUT2D eigenvalue weighted by Crippen LogP contribution is 2.28. The number of anilines is 1. The number of nitrogen functional groups attached to an aromatic ring is 1. The quantitative estimate of drug-likeness (QED) is 0.586. The van der Waals surface area contributed by atoms with Crippen molar-refractivity contribution >= 4 is 29.5 Å². The molecule has 4 aliphatic rings. The Morgan fingerprint density at radius 3 is 2.71 bits per heavy atom. The molecule has 4 aliphatic heterocycles. The third kappa shape index (κ3) is 4.62. The molecule has 4 atom stereocenters. The molecule has 6 rings (SSSR count). The first-order valence-corrected chi connectivity index (χ1v) is 13.4. The molecule has 0 saturated carbocycles. The number of fused-ring (bicyclic) bond motifs is 2. The minimum absolute atomic E-state index is 0.0142. The average Bonchev–Trinajstić information content (AvgIpc) is 3.51. The van der Waals surface area contributed by atoms with Crippen molar-refractivity contribution in [1.29, 1.82) is 0 Å². The maximum Gasteiger partial charge on any atom is 0.259 e. The number of carbonyl (C=O) groups is 2. The van der Waals surface area contributed by atoms with Crippen LogP contribution in [0.15, 0.2) is 17.4 Å². The van der Waals surface area contributed by atoms with E-state index in [0.29, 0.717) is 32.0 Å². The van der Waals surface area contributed by atoms with Gasteiger partial charge in [-0.2, -0.15) is 0 Å². The lowest BCUT2D eigenvalue weighted by molar-refractivity contribution is -0.140. The summed E-state index contributed by atoms with van der Waals surface area (Å²) >= 11 is 0. The van der Waals surface area contributed by atoms with Gasteiger partial charge in [0.15, 0.2) is 23.5 Å². The van der Waals surface area contributed by atoms with Gasteiger partial charge in [0, 0.05) is 37.8 Å². The number of nitrogens with zero attached hydrogens (tertiary/aromatic N) is 7. The molecule has 6 heterocycles. The molecule has 3 saturated heterocycles. The van der Waals surface area contributed by atoms with E-state index < -0.39 is 30.0 Å². The van der Waals surface area contributed by atoms with Crippen molar-refractivity contribution in [2.24, 2.45) is 10.9 Å². The number of nitrogens with one attached hydrogen (secondary N) is 1. The zero-order valence-corrected chi connectivity index (χ0v) is 21.2. The largest absolute Gasteiger partial charge is 0.381 e. The Hall–Kier alpha value is -3.19. The maximum absolute atomic E-state index is 15.2. The van der Waals surface area contributed by atoms with Crippen LogP contribution in [0.25, 0.3) is 5.65 Å². The molecular weight excluding hydrogens is 496 g/mol. The van der Waals surface area contributed by atoms with E-state index in [4.69, 9.17) is 5.73 Å². The Morgan fingerprint density at radius 2 is 1.89 bits per heavy atom. The van der Waals surface area contributed by atoms with Gasteiger partial charge in [-0.25, -0.2) is 18.3 Å². The number of carbonyl (C=O) groups excluding carboxylic acids is 2. The van der Waals surface area contributed by atoms with E-state index in [1.54, 1.807) is 0 Å². The lowest BCUT2D eigenvalue weighted by Gasteiger charge is -2.44. The average molecular weight is 530 g/mol. The maximum atomic E-state index is 15.2. The first-order chi connectivity index (χ1) is 18.4. The molecular formula is C25H33F2N9O2. The van der Waals surface area contributed by atoms with Crippen molar-refractivity contribution in [1.82, 2.24) is 34.6 Å². The molecule has 2 amide bonds.